The average Bonchev–Trinajstić information content (AvgIpc) is 2.85. The van der Waals surface area contributed by atoms with Crippen LogP contribution < -0.4 is 9.80 Å². The molecule has 0 N–H and O–H groups in total. The van der Waals surface area contributed by atoms with Crippen LogP contribution in [0.1, 0.15) is 44.1 Å². The molecule has 1 unspecified atom stereocenters. The number of aromatic nitrogens is 1. The summed E-state index contributed by atoms with van der Waals surface area (Å²) < 4.78 is 0. The zero-order chi connectivity index (χ0) is 21.0. The predicted molar refractivity (Wildman–Crippen MR) is 126 cm³/mol. The summed E-state index contributed by atoms with van der Waals surface area (Å²) in [5, 5.41) is 0. The zero-order valence-corrected chi connectivity index (χ0v) is 18.5. The number of nitrogens with zero attached hydrogens (tertiary/aromatic N) is 4. The third kappa shape index (κ3) is 4.47. The van der Waals surface area contributed by atoms with Crippen LogP contribution in [0, 0.1) is 5.92 Å². The minimum Gasteiger partial charge on any atom is -0.354 e. The molecule has 1 saturated carbocycles. The highest BCUT2D eigenvalue weighted by atomic mass is 16.2. The lowest BCUT2D eigenvalue weighted by atomic mass is 9.86. The van der Waals surface area contributed by atoms with Crippen molar-refractivity contribution < 1.29 is 4.79 Å². The van der Waals surface area contributed by atoms with Crippen molar-refractivity contribution >= 4 is 17.4 Å². The van der Waals surface area contributed by atoms with E-state index in [0.29, 0.717) is 5.91 Å². The molecular weight excluding hydrogens is 384 g/mol. The van der Waals surface area contributed by atoms with Gasteiger partial charge in [-0.25, -0.2) is 4.98 Å². The van der Waals surface area contributed by atoms with Crippen LogP contribution in [0.15, 0.2) is 48.7 Å². The van der Waals surface area contributed by atoms with Gasteiger partial charge in [-0.1, -0.05) is 43.5 Å². The van der Waals surface area contributed by atoms with Gasteiger partial charge in [-0.05, 0) is 49.4 Å². The van der Waals surface area contributed by atoms with Crippen LogP contribution in [-0.4, -0.2) is 54.6 Å². The van der Waals surface area contributed by atoms with Gasteiger partial charge in [0.15, 0.2) is 0 Å². The second-order valence-electron chi connectivity index (χ2n) is 9.34. The number of anilines is 2. The van der Waals surface area contributed by atoms with Crippen LogP contribution >= 0.6 is 0 Å². The molecule has 1 aromatic carbocycles. The molecule has 3 heterocycles. The Morgan fingerprint density at radius 1 is 0.903 bits per heavy atom. The largest absolute Gasteiger partial charge is 0.354 e. The number of hydrogen-bond donors (Lipinski definition) is 0. The molecule has 31 heavy (non-hydrogen) atoms. The summed E-state index contributed by atoms with van der Waals surface area (Å²) in [6.45, 7) is 5.02. The van der Waals surface area contributed by atoms with E-state index in [4.69, 9.17) is 0 Å². The summed E-state index contributed by atoms with van der Waals surface area (Å²) >= 11 is 0. The number of carbonyl (C=O) groups is 1. The summed E-state index contributed by atoms with van der Waals surface area (Å²) in [5.41, 5.74) is 2.50. The fourth-order valence-electron chi connectivity index (χ4n) is 5.62. The highest BCUT2D eigenvalue weighted by Crippen LogP contribution is 2.35. The molecular formula is C26H34N4O. The fraction of sp³-hybridized carbons (Fsp3) is 0.538. The third-order valence-corrected chi connectivity index (χ3v) is 7.37. The first-order valence-corrected chi connectivity index (χ1v) is 12.1. The number of aryl methyl sites for hydroxylation is 1. The van der Waals surface area contributed by atoms with Gasteiger partial charge in [-0.15, -0.1) is 0 Å². The summed E-state index contributed by atoms with van der Waals surface area (Å²) in [6.07, 6.45) is 9.82. The lowest BCUT2D eigenvalue weighted by Gasteiger charge is -2.43. The monoisotopic (exact) mass is 418 g/mol. The molecule has 3 aliphatic rings. The van der Waals surface area contributed by atoms with E-state index >= 15 is 0 Å². The summed E-state index contributed by atoms with van der Waals surface area (Å²) in [7, 11) is 0. The number of carbonyl (C=O) groups excluding carboxylic acids is 1. The maximum absolute atomic E-state index is 13.7. The molecule has 1 aliphatic carbocycles. The van der Waals surface area contributed by atoms with Gasteiger partial charge in [-0.2, -0.15) is 0 Å². The Kier molecular flexibility index (Phi) is 6.21. The number of hydrogen-bond acceptors (Lipinski definition) is 4. The standard InChI is InChI=1S/C26H34N4O/c31-26(22-9-2-1-3-10-22)30-23(14-13-21-8-4-5-11-24(21)30)20-28-16-18-29(19-17-28)25-12-6-7-15-27-25/h4-8,11-12,15,22-23H,1-3,9-10,13-14,16-20H2. The minimum atomic E-state index is 0.211. The first kappa shape index (κ1) is 20.5. The maximum atomic E-state index is 13.7. The Morgan fingerprint density at radius 3 is 2.45 bits per heavy atom. The molecule has 0 radical (unpaired) electrons. The van der Waals surface area contributed by atoms with Gasteiger partial charge < -0.3 is 9.80 Å². The Labute approximate surface area is 186 Å². The lowest BCUT2D eigenvalue weighted by molar-refractivity contribution is -0.124. The molecule has 1 saturated heterocycles. The maximum Gasteiger partial charge on any atom is 0.230 e. The van der Waals surface area contributed by atoms with Crippen molar-refractivity contribution in [3.63, 3.8) is 0 Å². The molecule has 164 valence electrons. The first-order valence-electron chi connectivity index (χ1n) is 12.1. The van der Waals surface area contributed by atoms with Crippen LogP contribution in [0.2, 0.25) is 0 Å². The number of fused-ring (bicyclic) bond motifs is 1. The van der Waals surface area contributed by atoms with Crippen molar-refractivity contribution in [2.24, 2.45) is 5.92 Å². The van der Waals surface area contributed by atoms with Crippen molar-refractivity contribution in [1.29, 1.82) is 0 Å². The van der Waals surface area contributed by atoms with Crippen molar-refractivity contribution in [3.05, 3.63) is 54.2 Å². The molecule has 2 aromatic rings. The van der Waals surface area contributed by atoms with Gasteiger partial charge in [0.2, 0.25) is 5.91 Å². The second kappa shape index (κ2) is 9.39. The van der Waals surface area contributed by atoms with E-state index < -0.39 is 0 Å². The highest BCUT2D eigenvalue weighted by molar-refractivity contribution is 5.97. The van der Waals surface area contributed by atoms with Crippen LogP contribution in [0.5, 0.6) is 0 Å². The van der Waals surface area contributed by atoms with Gasteiger partial charge >= 0.3 is 0 Å². The molecule has 1 atom stereocenters. The van der Waals surface area contributed by atoms with Crippen molar-refractivity contribution in [3.8, 4) is 0 Å². The van der Waals surface area contributed by atoms with E-state index in [0.717, 1.165) is 64.2 Å². The van der Waals surface area contributed by atoms with E-state index in [1.165, 1.54) is 30.5 Å². The molecule has 5 heteroatoms. The summed E-state index contributed by atoms with van der Waals surface area (Å²) in [4.78, 5) is 25.3. The Morgan fingerprint density at radius 2 is 1.68 bits per heavy atom. The number of para-hydroxylation sites is 1. The Balaban J connectivity index is 1.29. The fourth-order valence-corrected chi connectivity index (χ4v) is 5.62. The number of piperazine rings is 1. The lowest BCUT2D eigenvalue weighted by Crippen LogP contribution is -2.55. The minimum absolute atomic E-state index is 0.211. The van der Waals surface area contributed by atoms with E-state index in [2.05, 4.69) is 56.1 Å². The topological polar surface area (TPSA) is 39.7 Å². The van der Waals surface area contributed by atoms with Crippen molar-refractivity contribution in [1.82, 2.24) is 9.88 Å². The molecule has 5 rings (SSSR count). The Hall–Kier alpha value is -2.40. The molecule has 0 spiro atoms. The molecule has 2 fully saturated rings. The van der Waals surface area contributed by atoms with Crippen LogP contribution in [0.3, 0.4) is 0 Å². The van der Waals surface area contributed by atoms with Gasteiger partial charge in [0.25, 0.3) is 0 Å². The van der Waals surface area contributed by atoms with E-state index in [-0.39, 0.29) is 12.0 Å². The number of amides is 1. The quantitative estimate of drug-likeness (QED) is 0.748. The smallest absolute Gasteiger partial charge is 0.230 e. The summed E-state index contributed by atoms with van der Waals surface area (Å²) in [5.74, 6) is 1.66. The SMILES string of the molecule is O=C(C1CCCCC1)N1c2ccccc2CCC1CN1CCN(c2ccccn2)CC1. The van der Waals surface area contributed by atoms with Crippen LogP contribution in [-0.2, 0) is 11.2 Å². The van der Waals surface area contributed by atoms with Crippen LogP contribution in [0.4, 0.5) is 11.5 Å². The predicted octanol–water partition coefficient (Wildman–Crippen LogP) is 4.13. The van der Waals surface area contributed by atoms with Gasteiger partial charge in [0.1, 0.15) is 5.82 Å². The average molecular weight is 419 g/mol. The molecule has 2 aliphatic heterocycles. The molecule has 5 nitrogen and oxygen atoms in total. The van der Waals surface area contributed by atoms with Gasteiger partial charge in [0.05, 0.1) is 0 Å². The first-order chi connectivity index (χ1) is 15.3. The number of rotatable bonds is 4. The second-order valence-corrected chi connectivity index (χ2v) is 9.34. The molecule has 1 amide bonds. The van der Waals surface area contributed by atoms with Gasteiger partial charge in [0, 0.05) is 56.6 Å². The van der Waals surface area contributed by atoms with E-state index in [9.17, 15) is 4.79 Å². The number of benzene rings is 1. The van der Waals surface area contributed by atoms with E-state index in [1.54, 1.807) is 0 Å². The summed E-state index contributed by atoms with van der Waals surface area (Å²) in [6, 6.07) is 15.0. The third-order valence-electron chi connectivity index (χ3n) is 7.37. The zero-order valence-electron chi connectivity index (χ0n) is 18.5. The Bertz CT molecular complexity index is 872. The van der Waals surface area contributed by atoms with E-state index in [1.807, 2.05) is 12.3 Å². The van der Waals surface area contributed by atoms with Crippen molar-refractivity contribution in [2.75, 3.05) is 42.5 Å². The highest BCUT2D eigenvalue weighted by Gasteiger charge is 2.36. The van der Waals surface area contributed by atoms with Crippen LogP contribution in [0.25, 0.3) is 0 Å². The number of pyridine rings is 1. The normalized spacial score (nSPS) is 22.9. The molecule has 1 aromatic heterocycles. The van der Waals surface area contributed by atoms with Gasteiger partial charge in [-0.3, -0.25) is 9.69 Å². The molecule has 0 bridgehead atoms. The van der Waals surface area contributed by atoms with Crippen molar-refractivity contribution in [2.45, 2.75) is 51.0 Å².